The van der Waals surface area contributed by atoms with E-state index in [0.717, 1.165) is 10.5 Å². The summed E-state index contributed by atoms with van der Waals surface area (Å²) in [7, 11) is 0. The normalized spacial score (nSPS) is 10.6. The van der Waals surface area contributed by atoms with Crippen LogP contribution in [0.4, 0.5) is 4.39 Å². The fourth-order valence-electron chi connectivity index (χ4n) is 1.55. The molecule has 0 amide bonds. The van der Waals surface area contributed by atoms with Crippen molar-refractivity contribution in [2.45, 2.75) is 10.6 Å². The molecule has 0 saturated heterocycles. The van der Waals surface area contributed by atoms with Crippen molar-refractivity contribution in [2.24, 2.45) is 0 Å². The van der Waals surface area contributed by atoms with Crippen molar-refractivity contribution >= 4 is 45.3 Å². The van der Waals surface area contributed by atoms with E-state index in [2.05, 4.69) is 15.9 Å². The molecule has 2 aromatic carbocycles. The second kappa shape index (κ2) is 6.61. The first-order chi connectivity index (χ1) is 9.47. The maximum atomic E-state index is 13.0. The number of halogens is 3. The largest absolute Gasteiger partial charge is 0.478 e. The first kappa shape index (κ1) is 15.4. The zero-order valence-corrected chi connectivity index (χ0v) is 13.2. The van der Waals surface area contributed by atoms with Crippen molar-refractivity contribution in [2.75, 3.05) is 0 Å². The Morgan fingerprint density at radius 3 is 2.70 bits per heavy atom. The Morgan fingerprint density at radius 1 is 1.30 bits per heavy atom. The lowest BCUT2D eigenvalue weighted by molar-refractivity contribution is 0.0695. The molecule has 104 valence electrons. The molecule has 0 atom stereocenters. The molecule has 2 nitrogen and oxygen atoms in total. The van der Waals surface area contributed by atoms with E-state index in [4.69, 9.17) is 16.7 Å². The first-order valence-electron chi connectivity index (χ1n) is 5.57. The van der Waals surface area contributed by atoms with Crippen LogP contribution in [0.25, 0.3) is 0 Å². The predicted octanol–water partition coefficient (Wildman–Crippen LogP) is 5.23. The standard InChI is InChI=1S/C14H9BrClFO2S/c15-11-3-2-9(6-10(11)14(18)19)20-7-8-1-4-13(17)12(16)5-8/h1-6H,7H2,(H,18,19). The van der Waals surface area contributed by atoms with Crippen molar-refractivity contribution in [1.29, 1.82) is 0 Å². The van der Waals surface area contributed by atoms with Crippen LogP contribution in [-0.4, -0.2) is 11.1 Å². The molecule has 0 bridgehead atoms. The quantitative estimate of drug-likeness (QED) is 0.743. The van der Waals surface area contributed by atoms with Crippen LogP contribution in [0.5, 0.6) is 0 Å². The highest BCUT2D eigenvalue weighted by molar-refractivity contribution is 9.10. The number of hydrogen-bond acceptors (Lipinski definition) is 2. The lowest BCUT2D eigenvalue weighted by atomic mass is 10.2. The average Bonchev–Trinajstić information content (AvgIpc) is 2.41. The summed E-state index contributed by atoms with van der Waals surface area (Å²) in [6.07, 6.45) is 0. The average molecular weight is 376 g/mol. The van der Waals surface area contributed by atoms with E-state index >= 15 is 0 Å². The maximum absolute atomic E-state index is 13.0. The minimum Gasteiger partial charge on any atom is -0.478 e. The van der Waals surface area contributed by atoms with Crippen molar-refractivity contribution in [3.63, 3.8) is 0 Å². The number of carboxylic acid groups (broad SMARTS) is 1. The zero-order valence-electron chi connectivity index (χ0n) is 10.1. The number of rotatable bonds is 4. The Morgan fingerprint density at radius 2 is 2.05 bits per heavy atom. The van der Waals surface area contributed by atoms with Gasteiger partial charge in [-0.15, -0.1) is 11.8 Å². The Balaban J connectivity index is 2.12. The first-order valence-corrected chi connectivity index (χ1v) is 7.72. The molecule has 0 fully saturated rings. The van der Waals surface area contributed by atoms with Gasteiger partial charge in [-0.2, -0.15) is 0 Å². The van der Waals surface area contributed by atoms with Gasteiger partial charge in [0.2, 0.25) is 0 Å². The highest BCUT2D eigenvalue weighted by atomic mass is 79.9. The molecule has 0 aliphatic heterocycles. The van der Waals surface area contributed by atoms with Gasteiger partial charge >= 0.3 is 5.97 Å². The highest BCUT2D eigenvalue weighted by Crippen LogP contribution is 2.28. The van der Waals surface area contributed by atoms with E-state index in [1.807, 2.05) is 6.07 Å². The molecule has 2 aromatic rings. The molecule has 0 aliphatic carbocycles. The topological polar surface area (TPSA) is 37.3 Å². The van der Waals surface area contributed by atoms with Crippen LogP contribution >= 0.6 is 39.3 Å². The molecule has 0 spiro atoms. The number of thioether (sulfide) groups is 1. The lowest BCUT2D eigenvalue weighted by Gasteiger charge is -2.05. The van der Waals surface area contributed by atoms with Gasteiger partial charge in [0.15, 0.2) is 0 Å². The summed E-state index contributed by atoms with van der Waals surface area (Å²) >= 11 is 10.4. The summed E-state index contributed by atoms with van der Waals surface area (Å²) < 4.78 is 13.6. The minimum atomic E-state index is -0.982. The fraction of sp³-hybridized carbons (Fsp3) is 0.0714. The molecule has 0 saturated carbocycles. The van der Waals surface area contributed by atoms with Gasteiger partial charge in [-0.05, 0) is 51.8 Å². The molecule has 0 unspecified atom stereocenters. The molecule has 0 heterocycles. The van der Waals surface area contributed by atoms with E-state index in [0.29, 0.717) is 10.2 Å². The van der Waals surface area contributed by atoms with Crippen LogP contribution in [-0.2, 0) is 5.75 Å². The van der Waals surface area contributed by atoms with Crippen molar-refractivity contribution < 1.29 is 14.3 Å². The Labute approximate surface area is 133 Å². The summed E-state index contributed by atoms with van der Waals surface area (Å²) in [6, 6.07) is 9.67. The van der Waals surface area contributed by atoms with Gasteiger partial charge in [-0.3, -0.25) is 0 Å². The van der Waals surface area contributed by atoms with Gasteiger partial charge < -0.3 is 5.11 Å². The number of benzene rings is 2. The molecular formula is C14H9BrClFO2S. The van der Waals surface area contributed by atoms with Crippen LogP contribution in [0, 0.1) is 5.82 Å². The summed E-state index contributed by atoms with van der Waals surface area (Å²) in [5, 5.41) is 9.13. The van der Waals surface area contributed by atoms with E-state index in [1.165, 1.54) is 17.8 Å². The van der Waals surface area contributed by atoms with Crippen LogP contribution < -0.4 is 0 Å². The fourth-order valence-corrected chi connectivity index (χ4v) is 3.05. The Hall–Kier alpha value is -1.04. The molecule has 20 heavy (non-hydrogen) atoms. The summed E-state index contributed by atoms with van der Waals surface area (Å²) in [5.74, 6) is -0.845. The number of carboxylic acids is 1. The van der Waals surface area contributed by atoms with E-state index < -0.39 is 11.8 Å². The predicted molar refractivity (Wildman–Crippen MR) is 82.1 cm³/mol. The van der Waals surface area contributed by atoms with Crippen molar-refractivity contribution in [1.82, 2.24) is 0 Å². The second-order valence-electron chi connectivity index (χ2n) is 3.98. The molecule has 2 rings (SSSR count). The van der Waals surface area contributed by atoms with Gasteiger partial charge in [0.1, 0.15) is 5.82 Å². The molecule has 0 aromatic heterocycles. The molecule has 6 heteroatoms. The Kier molecular flexibility index (Phi) is 5.07. The van der Waals surface area contributed by atoms with Crippen LogP contribution in [0.15, 0.2) is 45.8 Å². The lowest BCUT2D eigenvalue weighted by Crippen LogP contribution is -1.97. The summed E-state index contributed by atoms with van der Waals surface area (Å²) in [6.45, 7) is 0. The van der Waals surface area contributed by atoms with Gasteiger partial charge in [0.05, 0.1) is 10.6 Å². The third kappa shape index (κ3) is 3.75. The molecule has 1 N–H and O–H groups in total. The van der Waals surface area contributed by atoms with Crippen molar-refractivity contribution in [3.8, 4) is 0 Å². The van der Waals surface area contributed by atoms with E-state index in [9.17, 15) is 9.18 Å². The second-order valence-corrected chi connectivity index (χ2v) is 6.29. The number of hydrogen-bond donors (Lipinski definition) is 1. The SMILES string of the molecule is O=C(O)c1cc(SCc2ccc(F)c(Cl)c2)ccc1Br. The molecule has 0 radical (unpaired) electrons. The van der Waals surface area contributed by atoms with Crippen LogP contribution in [0.1, 0.15) is 15.9 Å². The number of carbonyl (C=O) groups is 1. The van der Waals surface area contributed by atoms with E-state index in [1.54, 1.807) is 24.3 Å². The summed E-state index contributed by atoms with van der Waals surface area (Å²) in [4.78, 5) is 11.9. The minimum absolute atomic E-state index is 0.0881. The van der Waals surface area contributed by atoms with E-state index in [-0.39, 0.29) is 10.6 Å². The van der Waals surface area contributed by atoms with Gasteiger partial charge in [-0.25, -0.2) is 9.18 Å². The van der Waals surface area contributed by atoms with Gasteiger partial charge in [-0.1, -0.05) is 17.7 Å². The highest BCUT2D eigenvalue weighted by Gasteiger charge is 2.09. The third-order valence-corrected chi connectivity index (χ3v) is 4.60. The van der Waals surface area contributed by atoms with Gasteiger partial charge in [0.25, 0.3) is 0 Å². The Bertz CT molecular complexity index is 664. The summed E-state index contributed by atoms with van der Waals surface area (Å²) in [5.41, 5.74) is 1.09. The smallest absolute Gasteiger partial charge is 0.336 e. The van der Waals surface area contributed by atoms with Crippen LogP contribution in [0.3, 0.4) is 0 Å². The maximum Gasteiger partial charge on any atom is 0.336 e. The third-order valence-electron chi connectivity index (χ3n) is 2.56. The van der Waals surface area contributed by atoms with Gasteiger partial charge in [0, 0.05) is 15.1 Å². The van der Waals surface area contributed by atoms with Crippen LogP contribution in [0.2, 0.25) is 5.02 Å². The van der Waals surface area contributed by atoms with Crippen molar-refractivity contribution in [3.05, 3.63) is 62.8 Å². The number of aromatic carboxylic acids is 1. The molecule has 0 aliphatic rings. The zero-order chi connectivity index (χ0) is 14.7. The molecular weight excluding hydrogens is 367 g/mol. The monoisotopic (exact) mass is 374 g/mol.